The van der Waals surface area contributed by atoms with Gasteiger partial charge in [-0.25, -0.2) is 0 Å². The Balaban J connectivity index is 0.000000132. The summed E-state index contributed by atoms with van der Waals surface area (Å²) < 4.78 is 0. The molecule has 0 N–H and O–H groups in total. The first-order chi connectivity index (χ1) is 38.2. The van der Waals surface area contributed by atoms with Crippen LogP contribution in [0.3, 0.4) is 0 Å². The molecule has 0 aliphatic carbocycles. The molecular formula is C72H60Br3P3. The number of rotatable bonds is 12. The summed E-state index contributed by atoms with van der Waals surface area (Å²) in [4.78, 5) is 0. The predicted molar refractivity (Wildman–Crippen MR) is 360 cm³/mol. The SMILES string of the molecule is BrP(c1ccccc1)(c1ccccc1)(c1ccccc1)c1ccccc1.BrP(c1ccccc1)(c1ccccc1)(c1ccccc1)c1ccccc1.BrP(c1ccccc1)(c1ccccc1)(c1ccccc1)c1ccccc1. The standard InChI is InChI=1S/3C24H20BrP/c3*25-26(21-13-5-1-6-14-21,22-15-7-2-8-16-22,23-17-9-3-10-18-23)24-19-11-4-12-20-24/h3*1-20H. The molecule has 0 saturated heterocycles. The maximum atomic E-state index is 4.46. The van der Waals surface area contributed by atoms with Crippen LogP contribution in [0.1, 0.15) is 0 Å². The Morgan fingerprint density at radius 3 is 0.244 bits per heavy atom. The monoisotopic (exact) mass is 1250 g/mol. The van der Waals surface area contributed by atoms with Gasteiger partial charge in [-0.2, -0.15) is 0 Å². The Labute approximate surface area is 486 Å². The summed E-state index contributed by atoms with van der Waals surface area (Å²) in [5.74, 6) is 0. The van der Waals surface area contributed by atoms with Gasteiger partial charge in [0.2, 0.25) is 0 Å². The van der Waals surface area contributed by atoms with E-state index in [0.29, 0.717) is 0 Å². The molecule has 12 aromatic carbocycles. The van der Waals surface area contributed by atoms with E-state index in [-0.39, 0.29) is 0 Å². The Morgan fingerprint density at radius 1 is 0.115 bits per heavy atom. The van der Waals surface area contributed by atoms with Crippen LogP contribution in [0, 0.1) is 0 Å². The van der Waals surface area contributed by atoms with Crippen LogP contribution in [0.5, 0.6) is 0 Å². The molecule has 0 radical (unpaired) electrons. The molecule has 12 aromatic rings. The first kappa shape index (κ1) is 54.7. The number of benzene rings is 12. The predicted octanol–water partition coefficient (Wildman–Crippen LogP) is 15.5. The van der Waals surface area contributed by atoms with Crippen molar-refractivity contribution in [1.29, 1.82) is 0 Å². The van der Waals surface area contributed by atoms with Gasteiger partial charge >= 0.3 is 490 Å². The average molecular weight is 1260 g/mol. The van der Waals surface area contributed by atoms with Gasteiger partial charge in [-0.05, 0) is 0 Å². The van der Waals surface area contributed by atoms with Crippen LogP contribution in [0.15, 0.2) is 364 Å². The summed E-state index contributed by atoms with van der Waals surface area (Å²) >= 11 is 13.4. The zero-order valence-electron chi connectivity index (χ0n) is 43.1. The average Bonchev–Trinajstić information content (AvgIpc) is 3.74. The number of halogens is 3. The van der Waals surface area contributed by atoms with Crippen LogP contribution in [0.4, 0.5) is 0 Å². The van der Waals surface area contributed by atoms with Crippen LogP contribution in [0.2, 0.25) is 0 Å². The van der Waals surface area contributed by atoms with Crippen molar-refractivity contribution in [2.45, 2.75) is 0 Å². The summed E-state index contributed by atoms with van der Waals surface area (Å²) in [6, 6.07) is 130. The molecular weight excluding hydrogens is 1200 g/mol. The third kappa shape index (κ3) is 9.44. The van der Waals surface area contributed by atoms with Crippen molar-refractivity contribution in [3.05, 3.63) is 364 Å². The fourth-order valence-electron chi connectivity index (χ4n) is 11.2. The molecule has 0 aromatic heterocycles. The van der Waals surface area contributed by atoms with E-state index in [1.54, 1.807) is 0 Å². The van der Waals surface area contributed by atoms with Gasteiger partial charge in [0, 0.05) is 0 Å². The molecule has 78 heavy (non-hydrogen) atoms. The van der Waals surface area contributed by atoms with E-state index in [9.17, 15) is 0 Å². The van der Waals surface area contributed by atoms with Crippen LogP contribution >= 0.6 is 62.4 Å². The van der Waals surface area contributed by atoms with Gasteiger partial charge in [0.1, 0.15) is 0 Å². The van der Waals surface area contributed by atoms with Crippen molar-refractivity contribution in [3.8, 4) is 0 Å². The van der Waals surface area contributed by atoms with Gasteiger partial charge in [0.25, 0.3) is 0 Å². The van der Waals surface area contributed by atoms with E-state index in [1.165, 1.54) is 63.7 Å². The van der Waals surface area contributed by atoms with E-state index < -0.39 is 15.9 Å². The third-order valence-electron chi connectivity index (χ3n) is 14.9. The first-order valence-corrected chi connectivity index (χ1v) is 38.9. The van der Waals surface area contributed by atoms with Crippen molar-refractivity contribution in [1.82, 2.24) is 0 Å². The van der Waals surface area contributed by atoms with Crippen molar-refractivity contribution >= 4 is 126 Å². The molecule has 0 aliphatic rings. The van der Waals surface area contributed by atoms with Gasteiger partial charge < -0.3 is 0 Å². The molecule has 0 heterocycles. The van der Waals surface area contributed by atoms with Crippen molar-refractivity contribution in [3.63, 3.8) is 0 Å². The minimum atomic E-state index is -3.00. The molecule has 384 valence electrons. The van der Waals surface area contributed by atoms with Crippen LogP contribution in [0.25, 0.3) is 0 Å². The number of hydrogen-bond donors (Lipinski definition) is 0. The van der Waals surface area contributed by atoms with Gasteiger partial charge in [-0.15, -0.1) is 0 Å². The Bertz CT molecular complexity index is 2850. The van der Waals surface area contributed by atoms with Gasteiger partial charge in [0.15, 0.2) is 0 Å². The normalized spacial score (nSPS) is 12.9. The maximum absolute atomic E-state index is 4.46. The van der Waals surface area contributed by atoms with Crippen molar-refractivity contribution < 1.29 is 0 Å². The topological polar surface area (TPSA) is 0 Å². The Hall–Kier alpha value is -6.63. The summed E-state index contributed by atoms with van der Waals surface area (Å²) in [6.45, 7) is 0. The molecule has 0 fully saturated rings. The summed E-state index contributed by atoms with van der Waals surface area (Å²) in [6.07, 6.45) is 0. The molecule has 0 nitrogen and oxygen atoms in total. The second-order valence-corrected chi connectivity index (χ2v) is 44.1. The molecule has 12 rings (SSSR count). The van der Waals surface area contributed by atoms with Crippen LogP contribution in [-0.4, -0.2) is 0 Å². The van der Waals surface area contributed by atoms with E-state index in [4.69, 9.17) is 0 Å². The molecule has 0 spiro atoms. The van der Waals surface area contributed by atoms with E-state index in [0.717, 1.165) is 0 Å². The molecule has 0 aliphatic heterocycles. The Morgan fingerprint density at radius 2 is 0.179 bits per heavy atom. The third-order valence-corrected chi connectivity index (χ3v) is 44.9. The van der Waals surface area contributed by atoms with Gasteiger partial charge in [-0.1, -0.05) is 0 Å². The minimum absolute atomic E-state index is 1.31. The quantitative estimate of drug-likeness (QED) is 0.107. The summed E-state index contributed by atoms with van der Waals surface area (Å²) in [7, 11) is 0. The van der Waals surface area contributed by atoms with Crippen LogP contribution in [-0.2, 0) is 0 Å². The zero-order valence-corrected chi connectivity index (χ0v) is 50.6. The molecule has 6 heteroatoms. The Kier molecular flexibility index (Phi) is 16.7. The molecule has 0 amide bonds. The van der Waals surface area contributed by atoms with E-state index in [1.807, 2.05) is 0 Å². The van der Waals surface area contributed by atoms with Crippen LogP contribution < -0.4 is 63.7 Å². The second kappa shape index (κ2) is 23.8. The van der Waals surface area contributed by atoms with Crippen molar-refractivity contribution in [2.24, 2.45) is 0 Å². The molecule has 0 unspecified atom stereocenters. The zero-order chi connectivity index (χ0) is 53.7. The molecule has 0 atom stereocenters. The van der Waals surface area contributed by atoms with Gasteiger partial charge in [-0.3, -0.25) is 0 Å². The molecule has 0 saturated carbocycles. The summed E-state index contributed by atoms with van der Waals surface area (Å²) in [5, 5.41) is 6.68. The first-order valence-electron chi connectivity index (χ1n) is 26.1. The van der Waals surface area contributed by atoms with E-state index in [2.05, 4.69) is 410 Å². The molecule has 0 bridgehead atoms. The fourth-order valence-corrected chi connectivity index (χ4v) is 33.8. The van der Waals surface area contributed by atoms with Crippen molar-refractivity contribution in [2.75, 3.05) is 0 Å². The summed E-state index contributed by atoms with van der Waals surface area (Å²) in [5.41, 5.74) is 0. The van der Waals surface area contributed by atoms with Gasteiger partial charge in [0.05, 0.1) is 0 Å². The van der Waals surface area contributed by atoms with E-state index >= 15 is 0 Å². The second-order valence-electron chi connectivity index (χ2n) is 19.1. The fraction of sp³-hybridized carbons (Fsp3) is 0. The number of hydrogen-bond acceptors (Lipinski definition) is 0.